The van der Waals surface area contributed by atoms with E-state index in [9.17, 15) is 0 Å². The van der Waals surface area contributed by atoms with Crippen LogP contribution in [0.25, 0.3) is 0 Å². The molecular weight excluding hydrogens is 131 g/mol. The van der Waals surface area contributed by atoms with E-state index in [1.54, 1.807) is 0 Å². The molecule has 0 amide bonds. The molecule has 0 N–H and O–H groups in total. The van der Waals surface area contributed by atoms with Gasteiger partial charge >= 0.3 is 0 Å². The quantitative estimate of drug-likeness (QED) is 0.546. The number of rotatable bonds is 4. The van der Waals surface area contributed by atoms with E-state index in [2.05, 4.69) is 42.5 Å². The van der Waals surface area contributed by atoms with Crippen LogP contribution in [0.4, 0.5) is 0 Å². The summed E-state index contributed by atoms with van der Waals surface area (Å²) in [6.45, 7) is 11.6. The molecular formula is C10H23B. The lowest BCUT2D eigenvalue weighted by atomic mass is 9.62. The van der Waals surface area contributed by atoms with Gasteiger partial charge in [0.2, 0.25) is 0 Å². The average Bonchev–Trinajstić information content (AvgIpc) is 1.53. The van der Waals surface area contributed by atoms with Gasteiger partial charge in [-0.15, -0.1) is 0 Å². The Morgan fingerprint density at radius 1 is 1.00 bits per heavy atom. The highest BCUT2D eigenvalue weighted by Crippen LogP contribution is 2.36. The fraction of sp³-hybridized carbons (Fsp3) is 1.00. The zero-order valence-electron chi connectivity index (χ0n) is 9.07. The van der Waals surface area contributed by atoms with Gasteiger partial charge in [-0.05, 0) is 11.8 Å². The van der Waals surface area contributed by atoms with E-state index < -0.39 is 0 Å². The summed E-state index contributed by atoms with van der Waals surface area (Å²) in [6.07, 6.45) is 2.70. The standard InChI is InChI=1S/C10H23B/c1-8(2)6-10(5,11)7-9(3)4/h8-9H,6-7,11H2,1-5H3. The second-order valence-electron chi connectivity index (χ2n) is 5.36. The molecule has 0 bridgehead atoms. The molecule has 0 aliphatic rings. The first-order valence-corrected chi connectivity index (χ1v) is 4.83. The monoisotopic (exact) mass is 154 g/mol. The van der Waals surface area contributed by atoms with Crippen molar-refractivity contribution in [1.82, 2.24) is 0 Å². The predicted octanol–water partition coefficient (Wildman–Crippen LogP) is 2.89. The Labute approximate surface area is 73.2 Å². The molecule has 0 spiro atoms. The molecule has 66 valence electrons. The summed E-state index contributed by atoms with van der Waals surface area (Å²) in [5.41, 5.74) is 0. The molecule has 0 saturated heterocycles. The highest BCUT2D eigenvalue weighted by atomic mass is 14.2. The number of hydrogen-bond acceptors (Lipinski definition) is 0. The molecule has 11 heavy (non-hydrogen) atoms. The van der Waals surface area contributed by atoms with E-state index in [0.717, 1.165) is 11.8 Å². The molecule has 0 aliphatic heterocycles. The van der Waals surface area contributed by atoms with E-state index in [4.69, 9.17) is 0 Å². The summed E-state index contributed by atoms with van der Waals surface area (Å²) in [4.78, 5) is 0. The van der Waals surface area contributed by atoms with Crippen LogP contribution < -0.4 is 0 Å². The van der Waals surface area contributed by atoms with Crippen LogP contribution in [0.1, 0.15) is 47.5 Å². The highest BCUT2D eigenvalue weighted by Gasteiger charge is 2.20. The van der Waals surface area contributed by atoms with Gasteiger partial charge in [0, 0.05) is 0 Å². The van der Waals surface area contributed by atoms with E-state index >= 15 is 0 Å². The van der Waals surface area contributed by atoms with Gasteiger partial charge in [0.25, 0.3) is 0 Å². The predicted molar refractivity (Wildman–Crippen MR) is 55.8 cm³/mol. The second-order valence-corrected chi connectivity index (χ2v) is 5.36. The minimum atomic E-state index is 0.544. The van der Waals surface area contributed by atoms with Gasteiger partial charge in [-0.1, -0.05) is 52.8 Å². The smallest absolute Gasteiger partial charge is 0.0669 e. The molecule has 0 radical (unpaired) electrons. The maximum Gasteiger partial charge on any atom is 0.109 e. The summed E-state index contributed by atoms with van der Waals surface area (Å²) < 4.78 is 0. The first kappa shape index (κ1) is 11.1. The maximum absolute atomic E-state index is 2.38. The highest BCUT2D eigenvalue weighted by molar-refractivity contribution is 6.14. The van der Waals surface area contributed by atoms with Crippen LogP contribution in [0.15, 0.2) is 0 Å². The molecule has 1 heteroatoms. The van der Waals surface area contributed by atoms with Crippen molar-refractivity contribution >= 4 is 7.85 Å². The molecule has 0 aromatic heterocycles. The van der Waals surface area contributed by atoms with E-state index in [0.29, 0.717) is 5.31 Å². The summed E-state index contributed by atoms with van der Waals surface area (Å²) in [5, 5.41) is 0.544. The molecule has 0 rings (SSSR count). The van der Waals surface area contributed by atoms with E-state index in [1.807, 2.05) is 0 Å². The average molecular weight is 154 g/mol. The minimum absolute atomic E-state index is 0.544. The van der Waals surface area contributed by atoms with Crippen molar-refractivity contribution in [3.05, 3.63) is 0 Å². The van der Waals surface area contributed by atoms with E-state index in [-0.39, 0.29) is 0 Å². The Balaban J connectivity index is 3.79. The van der Waals surface area contributed by atoms with E-state index in [1.165, 1.54) is 12.8 Å². The molecule has 0 heterocycles. The lowest BCUT2D eigenvalue weighted by Crippen LogP contribution is -2.14. The van der Waals surface area contributed by atoms with Crippen LogP contribution in [0.5, 0.6) is 0 Å². The molecule has 0 aliphatic carbocycles. The molecule has 0 nitrogen and oxygen atoms in total. The Kier molecular flexibility index (Phi) is 4.21. The SMILES string of the molecule is BC(C)(CC(C)C)CC(C)C. The molecule has 0 aromatic rings. The minimum Gasteiger partial charge on any atom is -0.0669 e. The number of hydrogen-bond donors (Lipinski definition) is 0. The third-order valence-electron chi connectivity index (χ3n) is 1.92. The van der Waals surface area contributed by atoms with Gasteiger partial charge in [0.1, 0.15) is 7.85 Å². The van der Waals surface area contributed by atoms with Gasteiger partial charge in [-0.25, -0.2) is 0 Å². The van der Waals surface area contributed by atoms with Crippen molar-refractivity contribution in [2.75, 3.05) is 0 Å². The largest absolute Gasteiger partial charge is 0.109 e. The zero-order valence-corrected chi connectivity index (χ0v) is 9.07. The van der Waals surface area contributed by atoms with Crippen molar-refractivity contribution in [1.29, 1.82) is 0 Å². The van der Waals surface area contributed by atoms with Crippen LogP contribution in [-0.4, -0.2) is 7.85 Å². The Bertz CT molecular complexity index is 91.4. The zero-order chi connectivity index (χ0) is 9.07. The van der Waals surface area contributed by atoms with Gasteiger partial charge < -0.3 is 0 Å². The lowest BCUT2D eigenvalue weighted by molar-refractivity contribution is 0.386. The van der Waals surface area contributed by atoms with Gasteiger partial charge in [-0.2, -0.15) is 0 Å². The van der Waals surface area contributed by atoms with Crippen molar-refractivity contribution in [2.24, 2.45) is 11.8 Å². The molecule has 0 aromatic carbocycles. The van der Waals surface area contributed by atoms with Crippen LogP contribution >= 0.6 is 0 Å². The summed E-state index contributed by atoms with van der Waals surface area (Å²) in [7, 11) is 2.38. The summed E-state index contributed by atoms with van der Waals surface area (Å²) >= 11 is 0. The topological polar surface area (TPSA) is 0 Å². The third kappa shape index (κ3) is 6.46. The third-order valence-corrected chi connectivity index (χ3v) is 1.92. The van der Waals surface area contributed by atoms with Gasteiger partial charge in [0.15, 0.2) is 0 Å². The van der Waals surface area contributed by atoms with Crippen molar-refractivity contribution in [2.45, 2.75) is 52.8 Å². The van der Waals surface area contributed by atoms with Crippen LogP contribution in [0, 0.1) is 11.8 Å². The van der Waals surface area contributed by atoms with Gasteiger partial charge in [0.05, 0.1) is 0 Å². The molecule has 0 unspecified atom stereocenters. The Hall–Kier alpha value is 0.0649. The first-order chi connectivity index (χ1) is 4.83. The molecule has 0 saturated carbocycles. The Morgan fingerprint density at radius 3 is 1.45 bits per heavy atom. The fourth-order valence-electron chi connectivity index (χ4n) is 2.29. The molecule has 0 atom stereocenters. The first-order valence-electron chi connectivity index (χ1n) is 4.83. The van der Waals surface area contributed by atoms with Crippen LogP contribution in [0.2, 0.25) is 5.31 Å². The molecule has 0 fully saturated rings. The van der Waals surface area contributed by atoms with Crippen LogP contribution in [-0.2, 0) is 0 Å². The lowest BCUT2D eigenvalue weighted by Gasteiger charge is -2.28. The second kappa shape index (κ2) is 4.18. The van der Waals surface area contributed by atoms with Crippen molar-refractivity contribution < 1.29 is 0 Å². The Morgan fingerprint density at radius 2 is 1.27 bits per heavy atom. The summed E-state index contributed by atoms with van der Waals surface area (Å²) in [5.74, 6) is 1.67. The van der Waals surface area contributed by atoms with Gasteiger partial charge in [-0.3, -0.25) is 0 Å². The maximum atomic E-state index is 2.38. The fourth-order valence-corrected chi connectivity index (χ4v) is 2.29. The van der Waals surface area contributed by atoms with Crippen LogP contribution in [0.3, 0.4) is 0 Å². The van der Waals surface area contributed by atoms with Crippen molar-refractivity contribution in [3.8, 4) is 0 Å². The normalized spacial score (nSPS) is 13.0. The van der Waals surface area contributed by atoms with Crippen molar-refractivity contribution in [3.63, 3.8) is 0 Å². The summed E-state index contributed by atoms with van der Waals surface area (Å²) in [6, 6.07) is 0.